The number of halogens is 1. The van der Waals surface area contributed by atoms with Crippen molar-refractivity contribution in [2.45, 2.75) is 0 Å². The molecule has 0 spiro atoms. The number of rotatable bonds is 3. The van der Waals surface area contributed by atoms with Gasteiger partial charge in [0.2, 0.25) is 0 Å². The summed E-state index contributed by atoms with van der Waals surface area (Å²) in [5.74, 6) is -2.35. The molecule has 5 heteroatoms. The molecule has 0 aliphatic carbocycles. The van der Waals surface area contributed by atoms with Crippen LogP contribution in [0.15, 0.2) is 21.3 Å². The summed E-state index contributed by atoms with van der Waals surface area (Å²) in [6.45, 7) is 0. The minimum atomic E-state index is -1.44. The van der Waals surface area contributed by atoms with Crippen molar-refractivity contribution in [3.8, 4) is 0 Å². The van der Waals surface area contributed by atoms with Gasteiger partial charge in [-0.15, -0.1) is 11.3 Å². The molecule has 0 bridgehead atoms. The van der Waals surface area contributed by atoms with Gasteiger partial charge in [0.25, 0.3) is 5.78 Å². The number of carboxylic acids is 1. The van der Waals surface area contributed by atoms with Crippen molar-refractivity contribution in [3.63, 3.8) is 0 Å². The maximum absolute atomic E-state index is 10.6. The molecule has 0 amide bonds. The van der Waals surface area contributed by atoms with Gasteiger partial charge in [-0.2, -0.15) is 0 Å². The number of hydrogen-bond acceptors (Lipinski definition) is 3. The molecule has 0 atom stereocenters. The van der Waals surface area contributed by atoms with Crippen LogP contribution in [0.4, 0.5) is 0 Å². The molecule has 1 aromatic heterocycles. The average Bonchev–Trinajstić information content (AvgIpc) is 2.47. The zero-order valence-electron chi connectivity index (χ0n) is 6.36. The smallest absolute Gasteiger partial charge is 0.376 e. The highest BCUT2D eigenvalue weighted by atomic mass is 79.9. The monoisotopic (exact) mass is 260 g/mol. The highest BCUT2D eigenvalue weighted by molar-refractivity contribution is 9.11. The van der Waals surface area contributed by atoms with Gasteiger partial charge >= 0.3 is 5.97 Å². The van der Waals surface area contributed by atoms with Crippen LogP contribution in [-0.4, -0.2) is 16.9 Å². The maximum Gasteiger partial charge on any atom is 0.376 e. The number of aliphatic carboxylic acids is 1. The Morgan fingerprint density at radius 1 is 1.54 bits per heavy atom. The molecule has 1 aromatic rings. The lowest BCUT2D eigenvalue weighted by molar-refractivity contribution is -0.146. The molecule has 0 unspecified atom stereocenters. The molecule has 1 heterocycles. The van der Waals surface area contributed by atoms with Crippen LogP contribution in [0, 0.1) is 0 Å². The summed E-state index contributed by atoms with van der Waals surface area (Å²) >= 11 is 4.72. The van der Waals surface area contributed by atoms with Gasteiger partial charge in [-0.3, -0.25) is 4.79 Å². The van der Waals surface area contributed by atoms with Crippen molar-refractivity contribution >= 4 is 45.1 Å². The molecule has 3 nitrogen and oxygen atoms in total. The maximum atomic E-state index is 10.6. The summed E-state index contributed by atoms with van der Waals surface area (Å²) in [6.07, 6.45) is 2.51. The van der Waals surface area contributed by atoms with E-state index in [0.29, 0.717) is 0 Å². The van der Waals surface area contributed by atoms with Gasteiger partial charge in [0, 0.05) is 0 Å². The van der Waals surface area contributed by atoms with E-state index in [-0.39, 0.29) is 0 Å². The normalized spacial score (nSPS) is 10.5. The first kappa shape index (κ1) is 10.1. The van der Waals surface area contributed by atoms with E-state index in [2.05, 4.69) is 15.9 Å². The van der Waals surface area contributed by atoms with Crippen LogP contribution in [0.25, 0.3) is 6.08 Å². The number of ketones is 1. The molecule has 1 rings (SSSR count). The van der Waals surface area contributed by atoms with Gasteiger partial charge in [0.15, 0.2) is 0 Å². The first-order valence-electron chi connectivity index (χ1n) is 3.29. The third kappa shape index (κ3) is 3.12. The van der Waals surface area contributed by atoms with E-state index >= 15 is 0 Å². The van der Waals surface area contributed by atoms with E-state index < -0.39 is 11.8 Å². The van der Waals surface area contributed by atoms with Gasteiger partial charge in [0.1, 0.15) is 0 Å². The Kier molecular flexibility index (Phi) is 3.39. The molecule has 0 saturated carbocycles. The van der Waals surface area contributed by atoms with Crippen molar-refractivity contribution in [1.29, 1.82) is 0 Å². The summed E-state index contributed by atoms with van der Waals surface area (Å²) in [6, 6.07) is 1.80. The highest BCUT2D eigenvalue weighted by Crippen LogP contribution is 2.21. The molecule has 13 heavy (non-hydrogen) atoms. The van der Waals surface area contributed by atoms with Crippen LogP contribution in [0.1, 0.15) is 5.56 Å². The number of carbonyl (C=O) groups excluding carboxylic acids is 1. The Labute approximate surface area is 86.8 Å². The van der Waals surface area contributed by atoms with Crippen LogP contribution in [-0.2, 0) is 9.59 Å². The third-order valence-electron chi connectivity index (χ3n) is 1.23. The summed E-state index contributed by atoms with van der Waals surface area (Å²) in [7, 11) is 0. The fraction of sp³-hybridized carbons (Fsp3) is 0. The molecular weight excluding hydrogens is 256 g/mol. The Morgan fingerprint density at radius 2 is 2.23 bits per heavy atom. The van der Waals surface area contributed by atoms with Gasteiger partial charge in [-0.1, -0.05) is 0 Å². The second-order valence-electron chi connectivity index (χ2n) is 2.19. The van der Waals surface area contributed by atoms with Crippen molar-refractivity contribution in [2.24, 2.45) is 0 Å². The van der Waals surface area contributed by atoms with E-state index in [1.165, 1.54) is 17.4 Å². The number of carboxylic acid groups (broad SMARTS) is 1. The van der Waals surface area contributed by atoms with Crippen molar-refractivity contribution in [2.75, 3.05) is 0 Å². The second-order valence-corrected chi connectivity index (χ2v) is 4.48. The number of thiophene rings is 1. The zero-order chi connectivity index (χ0) is 9.84. The van der Waals surface area contributed by atoms with Crippen LogP contribution < -0.4 is 0 Å². The van der Waals surface area contributed by atoms with Crippen molar-refractivity contribution in [1.82, 2.24) is 0 Å². The van der Waals surface area contributed by atoms with Crippen molar-refractivity contribution in [3.05, 3.63) is 26.9 Å². The summed E-state index contributed by atoms with van der Waals surface area (Å²) < 4.78 is 0.940. The van der Waals surface area contributed by atoms with Gasteiger partial charge in [0.05, 0.1) is 3.79 Å². The first-order chi connectivity index (χ1) is 6.09. The Bertz CT molecular complexity index is 367. The van der Waals surface area contributed by atoms with Gasteiger partial charge in [-0.05, 0) is 45.1 Å². The second kappa shape index (κ2) is 4.34. The molecule has 0 aromatic carbocycles. The number of carbonyl (C=O) groups is 2. The zero-order valence-corrected chi connectivity index (χ0v) is 8.76. The van der Waals surface area contributed by atoms with Crippen LogP contribution in [0.2, 0.25) is 0 Å². The molecule has 0 aliphatic heterocycles. The largest absolute Gasteiger partial charge is 0.475 e. The third-order valence-corrected chi connectivity index (χ3v) is 2.75. The quantitative estimate of drug-likeness (QED) is 0.670. The van der Waals surface area contributed by atoms with E-state index in [1.807, 2.05) is 5.38 Å². The fourth-order valence-corrected chi connectivity index (χ4v) is 1.80. The molecule has 0 fully saturated rings. The van der Waals surface area contributed by atoms with Crippen LogP contribution in [0.5, 0.6) is 0 Å². The predicted molar refractivity (Wildman–Crippen MR) is 53.7 cm³/mol. The lowest BCUT2D eigenvalue weighted by Gasteiger charge is -1.83. The van der Waals surface area contributed by atoms with E-state index in [9.17, 15) is 9.59 Å². The molecule has 68 valence electrons. The standard InChI is InChI=1S/C8H5BrO3S/c9-7-3-5(4-13-7)1-2-6(10)8(11)12/h1-4H,(H,11,12)/b2-1+. The van der Waals surface area contributed by atoms with Crippen molar-refractivity contribution < 1.29 is 14.7 Å². The molecule has 0 saturated heterocycles. The Balaban J connectivity index is 2.69. The lowest BCUT2D eigenvalue weighted by atomic mass is 10.3. The highest BCUT2D eigenvalue weighted by Gasteiger charge is 2.05. The predicted octanol–water partition coefficient (Wildman–Crippen LogP) is 2.18. The summed E-state index contributed by atoms with van der Waals surface area (Å²) in [5.41, 5.74) is 0.812. The van der Waals surface area contributed by atoms with E-state index in [0.717, 1.165) is 15.4 Å². The van der Waals surface area contributed by atoms with E-state index in [1.54, 1.807) is 6.07 Å². The minimum Gasteiger partial charge on any atom is -0.475 e. The molecule has 1 N–H and O–H groups in total. The van der Waals surface area contributed by atoms with Crippen LogP contribution >= 0.6 is 27.3 Å². The average molecular weight is 261 g/mol. The van der Waals surface area contributed by atoms with Crippen LogP contribution in [0.3, 0.4) is 0 Å². The molecule has 0 radical (unpaired) electrons. The molecule has 0 aliphatic rings. The minimum absolute atomic E-state index is 0.812. The van der Waals surface area contributed by atoms with Gasteiger partial charge < -0.3 is 5.11 Å². The molecular formula is C8H5BrO3S. The SMILES string of the molecule is O=C(O)C(=O)/C=C/c1csc(Br)c1. The lowest BCUT2D eigenvalue weighted by Crippen LogP contribution is -2.08. The first-order valence-corrected chi connectivity index (χ1v) is 4.96. The van der Waals surface area contributed by atoms with Gasteiger partial charge in [-0.25, -0.2) is 4.79 Å². The summed E-state index contributed by atoms with van der Waals surface area (Å²) in [4.78, 5) is 20.7. The number of hydrogen-bond donors (Lipinski definition) is 1. The fourth-order valence-electron chi connectivity index (χ4n) is 0.654. The Hall–Kier alpha value is -0.940. The Morgan fingerprint density at radius 3 is 2.69 bits per heavy atom. The topological polar surface area (TPSA) is 54.4 Å². The van der Waals surface area contributed by atoms with E-state index in [4.69, 9.17) is 5.11 Å². The summed E-state index contributed by atoms with van der Waals surface area (Å²) in [5, 5.41) is 10.1.